The van der Waals surface area contributed by atoms with Gasteiger partial charge in [-0.25, -0.2) is 0 Å². The lowest BCUT2D eigenvalue weighted by Gasteiger charge is -2.08. The molecular formula is C14H14N2O. The van der Waals surface area contributed by atoms with E-state index in [1.165, 1.54) is 6.92 Å². The van der Waals surface area contributed by atoms with E-state index in [4.69, 9.17) is 11.5 Å². The van der Waals surface area contributed by atoms with Gasteiger partial charge in [-0.15, -0.1) is 0 Å². The Morgan fingerprint density at radius 3 is 2.35 bits per heavy atom. The maximum atomic E-state index is 11.4. The summed E-state index contributed by atoms with van der Waals surface area (Å²) in [7, 11) is 0. The molecule has 0 aromatic heterocycles. The third kappa shape index (κ3) is 2.13. The fourth-order valence-electron chi connectivity index (χ4n) is 1.79. The molecule has 86 valence electrons. The number of Topliss-reactive ketones (excluding diaryl/α,β-unsaturated/α-hetero) is 1. The zero-order valence-corrected chi connectivity index (χ0v) is 9.60. The highest BCUT2D eigenvalue weighted by Crippen LogP contribution is 2.28. The SMILES string of the molecule is CC(=O)c1cc(-c2ccccc2N)ccc1N. The van der Waals surface area contributed by atoms with E-state index in [1.807, 2.05) is 30.3 Å². The number of benzene rings is 2. The maximum Gasteiger partial charge on any atom is 0.161 e. The van der Waals surface area contributed by atoms with Gasteiger partial charge in [0.15, 0.2) is 5.78 Å². The summed E-state index contributed by atoms with van der Waals surface area (Å²) < 4.78 is 0. The van der Waals surface area contributed by atoms with Crippen molar-refractivity contribution < 1.29 is 4.79 Å². The maximum absolute atomic E-state index is 11.4. The molecule has 17 heavy (non-hydrogen) atoms. The number of carbonyl (C=O) groups excluding carboxylic acids is 1. The summed E-state index contributed by atoms with van der Waals surface area (Å²) in [5, 5.41) is 0. The zero-order valence-electron chi connectivity index (χ0n) is 9.60. The van der Waals surface area contributed by atoms with Crippen LogP contribution in [0.1, 0.15) is 17.3 Å². The molecule has 0 aliphatic carbocycles. The Bertz CT molecular complexity index is 576. The van der Waals surface area contributed by atoms with Gasteiger partial charge in [0.2, 0.25) is 0 Å². The van der Waals surface area contributed by atoms with Crippen LogP contribution in [0.3, 0.4) is 0 Å². The highest BCUT2D eigenvalue weighted by Gasteiger charge is 2.08. The Kier molecular flexibility index (Phi) is 2.83. The van der Waals surface area contributed by atoms with Gasteiger partial charge in [-0.2, -0.15) is 0 Å². The molecule has 0 aliphatic heterocycles. The zero-order chi connectivity index (χ0) is 12.4. The summed E-state index contributed by atoms with van der Waals surface area (Å²) in [6, 6.07) is 12.9. The van der Waals surface area contributed by atoms with Gasteiger partial charge in [0.1, 0.15) is 0 Å². The van der Waals surface area contributed by atoms with Gasteiger partial charge in [-0.3, -0.25) is 4.79 Å². The van der Waals surface area contributed by atoms with Gasteiger partial charge in [0.05, 0.1) is 0 Å². The molecule has 0 bridgehead atoms. The van der Waals surface area contributed by atoms with E-state index in [9.17, 15) is 4.79 Å². The fourth-order valence-corrected chi connectivity index (χ4v) is 1.79. The minimum atomic E-state index is -0.0427. The van der Waals surface area contributed by atoms with Crippen LogP contribution in [-0.4, -0.2) is 5.78 Å². The van der Waals surface area contributed by atoms with E-state index in [1.54, 1.807) is 12.1 Å². The van der Waals surface area contributed by atoms with Crippen molar-refractivity contribution >= 4 is 17.2 Å². The number of nitrogens with two attached hydrogens (primary N) is 2. The Morgan fingerprint density at radius 2 is 1.71 bits per heavy atom. The minimum Gasteiger partial charge on any atom is -0.398 e. The van der Waals surface area contributed by atoms with Crippen molar-refractivity contribution in [3.63, 3.8) is 0 Å². The largest absolute Gasteiger partial charge is 0.398 e. The van der Waals surface area contributed by atoms with Crippen molar-refractivity contribution in [1.29, 1.82) is 0 Å². The van der Waals surface area contributed by atoms with Crippen molar-refractivity contribution in [2.75, 3.05) is 11.5 Å². The lowest BCUT2D eigenvalue weighted by atomic mass is 9.99. The van der Waals surface area contributed by atoms with E-state index in [0.717, 1.165) is 11.1 Å². The van der Waals surface area contributed by atoms with Crippen molar-refractivity contribution in [1.82, 2.24) is 0 Å². The molecule has 0 spiro atoms. The molecule has 4 N–H and O–H groups in total. The topological polar surface area (TPSA) is 69.1 Å². The molecule has 0 amide bonds. The average Bonchev–Trinajstić information content (AvgIpc) is 2.30. The van der Waals surface area contributed by atoms with Crippen LogP contribution in [0.5, 0.6) is 0 Å². The molecular weight excluding hydrogens is 212 g/mol. The Balaban J connectivity index is 2.58. The van der Waals surface area contributed by atoms with Crippen molar-refractivity contribution in [2.24, 2.45) is 0 Å². The monoisotopic (exact) mass is 226 g/mol. The van der Waals surface area contributed by atoms with E-state index in [-0.39, 0.29) is 5.78 Å². The predicted octanol–water partition coefficient (Wildman–Crippen LogP) is 2.72. The summed E-state index contributed by atoms with van der Waals surface area (Å²) in [6.07, 6.45) is 0. The molecule has 2 aromatic rings. The van der Waals surface area contributed by atoms with E-state index in [0.29, 0.717) is 16.9 Å². The first-order valence-corrected chi connectivity index (χ1v) is 5.35. The van der Waals surface area contributed by atoms with Crippen LogP contribution in [0.2, 0.25) is 0 Å². The standard InChI is InChI=1S/C14H14N2O/c1-9(17)12-8-10(6-7-14(12)16)11-4-2-3-5-13(11)15/h2-8H,15-16H2,1H3. The molecule has 0 fully saturated rings. The van der Waals surface area contributed by atoms with Gasteiger partial charge < -0.3 is 11.5 Å². The van der Waals surface area contributed by atoms with Gasteiger partial charge in [0, 0.05) is 22.5 Å². The number of para-hydroxylation sites is 1. The van der Waals surface area contributed by atoms with Crippen molar-refractivity contribution in [3.8, 4) is 11.1 Å². The van der Waals surface area contributed by atoms with Crippen LogP contribution >= 0.6 is 0 Å². The summed E-state index contributed by atoms with van der Waals surface area (Å²) in [6.45, 7) is 1.50. The lowest BCUT2D eigenvalue weighted by molar-refractivity contribution is 0.101. The van der Waals surface area contributed by atoms with Crippen LogP contribution in [0, 0.1) is 0 Å². The smallest absolute Gasteiger partial charge is 0.161 e. The highest BCUT2D eigenvalue weighted by molar-refractivity contribution is 6.00. The number of ketones is 1. The molecule has 0 unspecified atom stereocenters. The van der Waals surface area contributed by atoms with E-state index in [2.05, 4.69) is 0 Å². The fraction of sp³-hybridized carbons (Fsp3) is 0.0714. The molecule has 0 saturated carbocycles. The number of anilines is 2. The van der Waals surface area contributed by atoms with Crippen LogP contribution in [-0.2, 0) is 0 Å². The number of hydrogen-bond donors (Lipinski definition) is 2. The quantitative estimate of drug-likeness (QED) is 0.611. The second kappa shape index (κ2) is 4.29. The first-order valence-electron chi connectivity index (χ1n) is 5.35. The average molecular weight is 226 g/mol. The Labute approximate surface area is 100 Å². The Morgan fingerprint density at radius 1 is 1.00 bits per heavy atom. The molecule has 0 radical (unpaired) electrons. The number of nitrogen functional groups attached to an aromatic ring is 2. The summed E-state index contributed by atoms with van der Waals surface area (Å²) in [4.78, 5) is 11.4. The summed E-state index contributed by atoms with van der Waals surface area (Å²) in [5.74, 6) is -0.0427. The third-order valence-corrected chi connectivity index (χ3v) is 2.70. The number of rotatable bonds is 2. The van der Waals surface area contributed by atoms with Gasteiger partial charge in [-0.1, -0.05) is 24.3 Å². The molecule has 0 saturated heterocycles. The second-order valence-electron chi connectivity index (χ2n) is 3.95. The molecule has 2 rings (SSSR count). The minimum absolute atomic E-state index is 0.0427. The van der Waals surface area contributed by atoms with Crippen LogP contribution in [0.15, 0.2) is 42.5 Å². The lowest BCUT2D eigenvalue weighted by Crippen LogP contribution is -2.00. The molecule has 0 heterocycles. The first-order chi connectivity index (χ1) is 8.09. The van der Waals surface area contributed by atoms with Crippen LogP contribution < -0.4 is 11.5 Å². The van der Waals surface area contributed by atoms with E-state index >= 15 is 0 Å². The molecule has 3 heteroatoms. The third-order valence-electron chi connectivity index (χ3n) is 2.70. The number of carbonyl (C=O) groups is 1. The van der Waals surface area contributed by atoms with Gasteiger partial charge in [0.25, 0.3) is 0 Å². The van der Waals surface area contributed by atoms with Crippen molar-refractivity contribution in [3.05, 3.63) is 48.0 Å². The van der Waals surface area contributed by atoms with Gasteiger partial charge >= 0.3 is 0 Å². The summed E-state index contributed by atoms with van der Waals surface area (Å²) >= 11 is 0. The molecule has 0 aliphatic rings. The van der Waals surface area contributed by atoms with Crippen molar-refractivity contribution in [2.45, 2.75) is 6.92 Å². The molecule has 2 aromatic carbocycles. The first kappa shape index (κ1) is 11.2. The van der Waals surface area contributed by atoms with Gasteiger partial charge in [-0.05, 0) is 30.7 Å². The normalized spacial score (nSPS) is 10.2. The molecule has 3 nitrogen and oxygen atoms in total. The van der Waals surface area contributed by atoms with E-state index < -0.39 is 0 Å². The highest BCUT2D eigenvalue weighted by atomic mass is 16.1. The molecule has 0 atom stereocenters. The predicted molar refractivity (Wildman–Crippen MR) is 70.7 cm³/mol. The summed E-state index contributed by atoms with van der Waals surface area (Å²) in [5.41, 5.74) is 15.2. The second-order valence-corrected chi connectivity index (χ2v) is 3.95. The number of hydrogen-bond acceptors (Lipinski definition) is 3. The van der Waals surface area contributed by atoms with Crippen LogP contribution in [0.4, 0.5) is 11.4 Å². The van der Waals surface area contributed by atoms with Crippen LogP contribution in [0.25, 0.3) is 11.1 Å². The Hall–Kier alpha value is -2.29.